The van der Waals surface area contributed by atoms with E-state index in [2.05, 4.69) is 42.5 Å². The molecule has 0 saturated carbocycles. The molecule has 27 heavy (non-hydrogen) atoms. The number of nitrogens with zero attached hydrogens (tertiary/aromatic N) is 2. The lowest BCUT2D eigenvalue weighted by molar-refractivity contribution is -0.132. The molecule has 1 unspecified atom stereocenters. The molecule has 0 spiro atoms. The van der Waals surface area contributed by atoms with Crippen molar-refractivity contribution in [1.82, 2.24) is 15.5 Å². The number of aliphatic imine (C=N–C) groups is 1. The van der Waals surface area contributed by atoms with E-state index >= 15 is 0 Å². The fourth-order valence-electron chi connectivity index (χ4n) is 3.17. The molecule has 1 fully saturated rings. The van der Waals surface area contributed by atoms with Crippen LogP contribution in [-0.4, -0.2) is 56.1 Å². The lowest BCUT2D eigenvalue weighted by atomic mass is 9.86. The summed E-state index contributed by atoms with van der Waals surface area (Å²) in [5.41, 5.74) is 1.25. The van der Waals surface area contributed by atoms with Gasteiger partial charge in [-0.1, -0.05) is 39.0 Å². The molecule has 2 N–H and O–H groups in total. The molecule has 1 heterocycles. The van der Waals surface area contributed by atoms with Crippen LogP contribution >= 0.6 is 0 Å². The van der Waals surface area contributed by atoms with Crippen molar-refractivity contribution in [3.05, 3.63) is 29.8 Å². The number of likely N-dealkylation sites (tertiary alicyclic amines) is 1. The van der Waals surface area contributed by atoms with Gasteiger partial charge in [0.05, 0.1) is 6.54 Å². The van der Waals surface area contributed by atoms with Crippen LogP contribution in [0.5, 0.6) is 5.75 Å². The Bertz CT molecular complexity index is 652. The molecule has 150 valence electrons. The summed E-state index contributed by atoms with van der Waals surface area (Å²) >= 11 is 0. The van der Waals surface area contributed by atoms with E-state index in [9.17, 15) is 4.79 Å². The molecule has 6 nitrogen and oxygen atoms in total. The zero-order valence-corrected chi connectivity index (χ0v) is 17.3. The van der Waals surface area contributed by atoms with Gasteiger partial charge in [0.15, 0.2) is 5.96 Å². The highest BCUT2D eigenvalue weighted by Crippen LogP contribution is 2.30. The highest BCUT2D eigenvalue weighted by atomic mass is 16.5. The molecule has 6 heteroatoms. The van der Waals surface area contributed by atoms with Crippen molar-refractivity contribution in [2.45, 2.75) is 52.0 Å². The molecule has 0 aromatic heterocycles. The van der Waals surface area contributed by atoms with Crippen LogP contribution in [-0.2, 0) is 10.2 Å². The maximum atomic E-state index is 11.6. The van der Waals surface area contributed by atoms with E-state index in [4.69, 9.17) is 4.74 Å². The van der Waals surface area contributed by atoms with Crippen LogP contribution in [0.25, 0.3) is 0 Å². The van der Waals surface area contributed by atoms with Crippen molar-refractivity contribution >= 4 is 11.9 Å². The number of piperidine rings is 1. The van der Waals surface area contributed by atoms with E-state index in [0.29, 0.717) is 26.1 Å². The third-order valence-corrected chi connectivity index (χ3v) is 4.63. The molecule has 1 aromatic carbocycles. The second-order valence-corrected chi connectivity index (χ2v) is 8.01. The summed E-state index contributed by atoms with van der Waals surface area (Å²) in [7, 11) is 1.85. The standard InChI is InChI=1S/C21H34N4O2/c1-6-22-20(24-16-11-12-19(26)25(5)15-16)23-13-14-27-18-10-8-7-9-17(18)21(2,3)4/h7-10,16H,6,11-15H2,1-5H3,(H2,22,23,24). The van der Waals surface area contributed by atoms with Crippen LogP contribution in [0.3, 0.4) is 0 Å². The molecular formula is C21H34N4O2. The lowest BCUT2D eigenvalue weighted by Gasteiger charge is -2.31. The Labute approximate surface area is 163 Å². The first-order valence-electron chi connectivity index (χ1n) is 9.82. The highest BCUT2D eigenvalue weighted by molar-refractivity contribution is 5.81. The monoisotopic (exact) mass is 374 g/mol. The molecule has 0 bridgehead atoms. The zero-order valence-electron chi connectivity index (χ0n) is 17.3. The lowest BCUT2D eigenvalue weighted by Crippen LogP contribution is -2.51. The molecule has 0 aliphatic carbocycles. The number of benzene rings is 1. The van der Waals surface area contributed by atoms with Gasteiger partial charge < -0.3 is 20.3 Å². The Morgan fingerprint density at radius 1 is 1.33 bits per heavy atom. The average molecular weight is 375 g/mol. The number of carbonyl (C=O) groups excluding carboxylic acids is 1. The Morgan fingerprint density at radius 2 is 2.07 bits per heavy atom. The molecule has 0 radical (unpaired) electrons. The zero-order chi connectivity index (χ0) is 19.9. The summed E-state index contributed by atoms with van der Waals surface area (Å²) < 4.78 is 6.00. The van der Waals surface area contributed by atoms with Gasteiger partial charge in [-0.2, -0.15) is 0 Å². The van der Waals surface area contributed by atoms with Gasteiger partial charge in [-0.25, -0.2) is 4.99 Å². The molecule has 1 atom stereocenters. The minimum Gasteiger partial charge on any atom is -0.491 e. The van der Waals surface area contributed by atoms with E-state index in [1.807, 2.05) is 32.2 Å². The van der Waals surface area contributed by atoms with Crippen LogP contribution in [0.2, 0.25) is 0 Å². The van der Waals surface area contributed by atoms with Crippen LogP contribution in [0.1, 0.15) is 46.1 Å². The number of rotatable bonds is 6. The van der Waals surface area contributed by atoms with E-state index in [0.717, 1.165) is 24.7 Å². The normalized spacial score (nSPS) is 18.4. The first-order chi connectivity index (χ1) is 12.8. The molecule has 1 aliphatic rings. The summed E-state index contributed by atoms with van der Waals surface area (Å²) in [4.78, 5) is 18.0. The molecule has 1 amide bonds. The smallest absolute Gasteiger partial charge is 0.222 e. The number of ether oxygens (including phenoxy) is 1. The third-order valence-electron chi connectivity index (χ3n) is 4.63. The number of hydrogen-bond donors (Lipinski definition) is 2. The van der Waals surface area contributed by atoms with Crippen LogP contribution in [0, 0.1) is 0 Å². The number of para-hydroxylation sites is 1. The minimum absolute atomic E-state index is 0.0424. The highest BCUT2D eigenvalue weighted by Gasteiger charge is 2.23. The summed E-state index contributed by atoms with van der Waals surface area (Å²) in [6.45, 7) is 11.2. The van der Waals surface area contributed by atoms with Gasteiger partial charge >= 0.3 is 0 Å². The van der Waals surface area contributed by atoms with Crippen LogP contribution < -0.4 is 15.4 Å². The summed E-state index contributed by atoms with van der Waals surface area (Å²) in [6, 6.07) is 8.41. The first-order valence-corrected chi connectivity index (χ1v) is 9.82. The van der Waals surface area contributed by atoms with Gasteiger partial charge in [0.1, 0.15) is 12.4 Å². The van der Waals surface area contributed by atoms with Crippen molar-refractivity contribution in [3.63, 3.8) is 0 Å². The fraction of sp³-hybridized carbons (Fsp3) is 0.619. The Hall–Kier alpha value is -2.24. The summed E-state index contributed by atoms with van der Waals surface area (Å²) in [6.07, 6.45) is 1.42. The van der Waals surface area contributed by atoms with Gasteiger partial charge in [0, 0.05) is 32.6 Å². The number of nitrogens with one attached hydrogen (secondary N) is 2. The molecule has 1 saturated heterocycles. The van der Waals surface area contributed by atoms with Crippen LogP contribution in [0.15, 0.2) is 29.3 Å². The Morgan fingerprint density at radius 3 is 2.74 bits per heavy atom. The van der Waals surface area contributed by atoms with Gasteiger partial charge in [-0.3, -0.25) is 4.79 Å². The average Bonchev–Trinajstić information content (AvgIpc) is 2.61. The van der Waals surface area contributed by atoms with Gasteiger partial charge in [0.25, 0.3) is 0 Å². The van der Waals surface area contributed by atoms with E-state index < -0.39 is 0 Å². The van der Waals surface area contributed by atoms with Gasteiger partial charge in [0.2, 0.25) is 5.91 Å². The predicted octanol–water partition coefficient (Wildman–Crippen LogP) is 2.54. The Kier molecular flexibility index (Phi) is 7.51. The van der Waals surface area contributed by atoms with Crippen LogP contribution in [0.4, 0.5) is 0 Å². The third kappa shape index (κ3) is 6.45. The van der Waals surface area contributed by atoms with Gasteiger partial charge in [-0.05, 0) is 30.4 Å². The van der Waals surface area contributed by atoms with E-state index in [1.54, 1.807) is 4.90 Å². The van der Waals surface area contributed by atoms with E-state index in [1.165, 1.54) is 5.56 Å². The van der Waals surface area contributed by atoms with Crippen molar-refractivity contribution in [1.29, 1.82) is 0 Å². The quantitative estimate of drug-likeness (QED) is 0.456. The maximum Gasteiger partial charge on any atom is 0.222 e. The fourth-order valence-corrected chi connectivity index (χ4v) is 3.17. The first kappa shape index (κ1) is 21.1. The van der Waals surface area contributed by atoms with Crippen molar-refractivity contribution in [2.24, 2.45) is 4.99 Å². The van der Waals surface area contributed by atoms with Crippen molar-refractivity contribution < 1.29 is 9.53 Å². The summed E-state index contributed by atoms with van der Waals surface area (Å²) in [5.74, 6) is 1.91. The number of amides is 1. The molecular weight excluding hydrogens is 340 g/mol. The van der Waals surface area contributed by atoms with Crippen molar-refractivity contribution in [3.8, 4) is 5.75 Å². The van der Waals surface area contributed by atoms with Gasteiger partial charge in [-0.15, -0.1) is 0 Å². The topological polar surface area (TPSA) is 66.0 Å². The van der Waals surface area contributed by atoms with Crippen molar-refractivity contribution in [2.75, 3.05) is 33.3 Å². The SMILES string of the molecule is CCNC(=NCCOc1ccccc1C(C)(C)C)NC1CCC(=O)N(C)C1. The molecule has 1 aromatic rings. The van der Waals surface area contributed by atoms with E-state index in [-0.39, 0.29) is 17.4 Å². The largest absolute Gasteiger partial charge is 0.491 e. The summed E-state index contributed by atoms with van der Waals surface area (Å²) in [5, 5.41) is 6.70. The Balaban J connectivity index is 1.90. The number of likely N-dealkylation sites (N-methyl/N-ethyl adjacent to an activating group) is 1. The number of carbonyl (C=O) groups is 1. The number of guanidine groups is 1. The second kappa shape index (κ2) is 9.62. The number of hydrogen-bond acceptors (Lipinski definition) is 3. The predicted molar refractivity (Wildman–Crippen MR) is 110 cm³/mol. The minimum atomic E-state index is 0.0424. The maximum absolute atomic E-state index is 11.6. The molecule has 1 aliphatic heterocycles. The molecule has 2 rings (SSSR count). The second-order valence-electron chi connectivity index (χ2n) is 8.01.